The molecule has 5 heteroatoms. The summed E-state index contributed by atoms with van der Waals surface area (Å²) in [5.74, 6) is 1.92. The highest BCUT2D eigenvalue weighted by Gasteiger charge is 2.09. The Balaban J connectivity index is 2.64. The standard InChI is InChI=1S/C15H29N5/c1-6-8-16-14-13(7-2)15(19-11-18-14)17-9-10-20(5)12(3)4/h11-12H,6-10H2,1-5H3,(H2,16,17,18,19). The Labute approximate surface area is 123 Å². The Bertz CT molecular complexity index is 392. The van der Waals surface area contributed by atoms with Gasteiger partial charge in [0.15, 0.2) is 0 Å². The third-order valence-electron chi connectivity index (χ3n) is 3.48. The number of aromatic nitrogens is 2. The molecule has 1 aromatic heterocycles. The molecule has 0 unspecified atom stereocenters. The summed E-state index contributed by atoms with van der Waals surface area (Å²) < 4.78 is 0. The van der Waals surface area contributed by atoms with Crippen LogP contribution in [-0.2, 0) is 6.42 Å². The third-order valence-corrected chi connectivity index (χ3v) is 3.48. The van der Waals surface area contributed by atoms with E-state index >= 15 is 0 Å². The van der Waals surface area contributed by atoms with E-state index in [1.807, 2.05) is 0 Å². The van der Waals surface area contributed by atoms with Crippen molar-refractivity contribution >= 4 is 11.6 Å². The summed E-state index contributed by atoms with van der Waals surface area (Å²) in [5, 5.41) is 6.80. The predicted octanol–water partition coefficient (Wildman–Crippen LogP) is 2.61. The average molecular weight is 279 g/mol. The predicted molar refractivity (Wildman–Crippen MR) is 86.4 cm³/mol. The molecule has 0 spiro atoms. The average Bonchev–Trinajstić information content (AvgIpc) is 2.44. The van der Waals surface area contributed by atoms with Gasteiger partial charge in [0.05, 0.1) is 0 Å². The summed E-state index contributed by atoms with van der Waals surface area (Å²) in [5.41, 5.74) is 1.17. The SMILES string of the molecule is CCCNc1ncnc(NCCN(C)C(C)C)c1CC. The Morgan fingerprint density at radius 2 is 1.70 bits per heavy atom. The van der Waals surface area contributed by atoms with Crippen molar-refractivity contribution in [3.63, 3.8) is 0 Å². The van der Waals surface area contributed by atoms with E-state index in [0.29, 0.717) is 6.04 Å². The monoisotopic (exact) mass is 279 g/mol. The summed E-state index contributed by atoms with van der Waals surface area (Å²) in [7, 11) is 2.14. The molecule has 1 rings (SSSR count). The molecule has 0 atom stereocenters. The first-order valence-corrected chi connectivity index (χ1v) is 7.61. The molecule has 0 aliphatic heterocycles. The molecule has 0 aliphatic carbocycles. The van der Waals surface area contributed by atoms with Crippen LogP contribution in [0.3, 0.4) is 0 Å². The topological polar surface area (TPSA) is 53.1 Å². The van der Waals surface area contributed by atoms with Crippen LogP contribution in [0.5, 0.6) is 0 Å². The zero-order valence-corrected chi connectivity index (χ0v) is 13.5. The molecule has 0 aliphatic rings. The fourth-order valence-electron chi connectivity index (χ4n) is 1.90. The molecular formula is C15H29N5. The first kappa shape index (κ1) is 16.7. The van der Waals surface area contributed by atoms with Crippen LogP contribution in [0.25, 0.3) is 0 Å². The van der Waals surface area contributed by atoms with Crippen molar-refractivity contribution in [2.24, 2.45) is 0 Å². The molecule has 0 aromatic carbocycles. The van der Waals surface area contributed by atoms with Gasteiger partial charge < -0.3 is 15.5 Å². The van der Waals surface area contributed by atoms with E-state index < -0.39 is 0 Å². The second-order valence-corrected chi connectivity index (χ2v) is 5.33. The van der Waals surface area contributed by atoms with Crippen molar-refractivity contribution in [1.82, 2.24) is 14.9 Å². The first-order chi connectivity index (χ1) is 9.60. The smallest absolute Gasteiger partial charge is 0.134 e. The molecule has 20 heavy (non-hydrogen) atoms. The van der Waals surface area contributed by atoms with E-state index in [1.165, 1.54) is 5.56 Å². The number of nitrogens with one attached hydrogen (secondary N) is 2. The highest BCUT2D eigenvalue weighted by molar-refractivity contribution is 5.57. The first-order valence-electron chi connectivity index (χ1n) is 7.61. The zero-order valence-electron chi connectivity index (χ0n) is 13.5. The van der Waals surface area contributed by atoms with Gasteiger partial charge in [-0.05, 0) is 33.7 Å². The maximum Gasteiger partial charge on any atom is 0.134 e. The van der Waals surface area contributed by atoms with Gasteiger partial charge >= 0.3 is 0 Å². The van der Waals surface area contributed by atoms with Gasteiger partial charge in [-0.3, -0.25) is 0 Å². The molecule has 1 aromatic rings. The van der Waals surface area contributed by atoms with Gasteiger partial charge in [-0.25, -0.2) is 9.97 Å². The Morgan fingerprint density at radius 3 is 2.20 bits per heavy atom. The Kier molecular flexibility index (Phi) is 7.30. The zero-order chi connectivity index (χ0) is 15.0. The number of hydrogen-bond donors (Lipinski definition) is 2. The lowest BCUT2D eigenvalue weighted by Gasteiger charge is -2.21. The maximum absolute atomic E-state index is 4.38. The second-order valence-electron chi connectivity index (χ2n) is 5.33. The van der Waals surface area contributed by atoms with Gasteiger partial charge in [0.1, 0.15) is 18.0 Å². The Hall–Kier alpha value is -1.36. The lowest BCUT2D eigenvalue weighted by atomic mass is 10.2. The van der Waals surface area contributed by atoms with E-state index in [2.05, 4.69) is 60.2 Å². The van der Waals surface area contributed by atoms with Crippen molar-refractivity contribution in [3.8, 4) is 0 Å². The molecule has 2 N–H and O–H groups in total. The lowest BCUT2D eigenvalue weighted by Crippen LogP contribution is -2.31. The molecule has 0 saturated carbocycles. The molecule has 0 fully saturated rings. The van der Waals surface area contributed by atoms with E-state index in [-0.39, 0.29) is 0 Å². The highest BCUT2D eigenvalue weighted by atomic mass is 15.1. The highest BCUT2D eigenvalue weighted by Crippen LogP contribution is 2.20. The van der Waals surface area contributed by atoms with Gasteiger partial charge in [-0.15, -0.1) is 0 Å². The third kappa shape index (κ3) is 4.96. The van der Waals surface area contributed by atoms with Crippen LogP contribution in [0.15, 0.2) is 6.33 Å². The van der Waals surface area contributed by atoms with Crippen LogP contribution in [0.4, 0.5) is 11.6 Å². The quantitative estimate of drug-likeness (QED) is 0.728. The van der Waals surface area contributed by atoms with E-state index in [0.717, 1.165) is 44.1 Å². The van der Waals surface area contributed by atoms with Crippen LogP contribution in [-0.4, -0.2) is 47.6 Å². The van der Waals surface area contributed by atoms with Crippen molar-refractivity contribution in [2.45, 2.75) is 46.6 Å². The molecule has 1 heterocycles. The normalized spacial score (nSPS) is 11.2. The number of likely N-dealkylation sites (N-methyl/N-ethyl adjacent to an activating group) is 1. The van der Waals surface area contributed by atoms with E-state index in [4.69, 9.17) is 0 Å². The molecular weight excluding hydrogens is 250 g/mol. The second kappa shape index (κ2) is 8.74. The lowest BCUT2D eigenvalue weighted by molar-refractivity contribution is 0.284. The van der Waals surface area contributed by atoms with Gasteiger partial charge in [0.2, 0.25) is 0 Å². The van der Waals surface area contributed by atoms with Crippen LogP contribution in [0.1, 0.15) is 39.7 Å². The summed E-state index contributed by atoms with van der Waals surface area (Å²) in [4.78, 5) is 11.0. The van der Waals surface area contributed by atoms with Gasteiger partial charge in [0.25, 0.3) is 0 Å². The fourth-order valence-corrected chi connectivity index (χ4v) is 1.90. The fraction of sp³-hybridized carbons (Fsp3) is 0.733. The van der Waals surface area contributed by atoms with Crippen molar-refractivity contribution in [1.29, 1.82) is 0 Å². The number of anilines is 2. The number of nitrogens with zero attached hydrogens (tertiary/aromatic N) is 3. The maximum atomic E-state index is 4.38. The minimum atomic E-state index is 0.564. The van der Waals surface area contributed by atoms with Gasteiger partial charge in [-0.1, -0.05) is 13.8 Å². The number of rotatable bonds is 9. The minimum Gasteiger partial charge on any atom is -0.370 e. The molecule has 114 valence electrons. The van der Waals surface area contributed by atoms with Crippen LogP contribution in [0, 0.1) is 0 Å². The van der Waals surface area contributed by atoms with E-state index in [9.17, 15) is 0 Å². The minimum absolute atomic E-state index is 0.564. The number of hydrogen-bond acceptors (Lipinski definition) is 5. The Morgan fingerprint density at radius 1 is 1.10 bits per heavy atom. The molecule has 0 saturated heterocycles. The largest absolute Gasteiger partial charge is 0.370 e. The van der Waals surface area contributed by atoms with Crippen LogP contribution >= 0.6 is 0 Å². The molecule has 0 bridgehead atoms. The summed E-state index contributed by atoms with van der Waals surface area (Å²) in [6.45, 7) is 11.5. The van der Waals surface area contributed by atoms with Crippen LogP contribution in [0.2, 0.25) is 0 Å². The van der Waals surface area contributed by atoms with Crippen molar-refractivity contribution < 1.29 is 0 Å². The summed E-state index contributed by atoms with van der Waals surface area (Å²) in [6, 6.07) is 0.564. The molecule has 5 nitrogen and oxygen atoms in total. The summed E-state index contributed by atoms with van der Waals surface area (Å²) in [6.07, 6.45) is 3.65. The van der Waals surface area contributed by atoms with Crippen molar-refractivity contribution in [2.75, 3.05) is 37.3 Å². The van der Waals surface area contributed by atoms with Gasteiger partial charge in [0, 0.05) is 31.2 Å². The molecule has 0 radical (unpaired) electrons. The van der Waals surface area contributed by atoms with E-state index in [1.54, 1.807) is 6.33 Å². The van der Waals surface area contributed by atoms with Crippen molar-refractivity contribution in [3.05, 3.63) is 11.9 Å². The summed E-state index contributed by atoms with van der Waals surface area (Å²) >= 11 is 0. The molecule has 0 amide bonds. The van der Waals surface area contributed by atoms with Crippen LogP contribution < -0.4 is 10.6 Å². The van der Waals surface area contributed by atoms with Gasteiger partial charge in [-0.2, -0.15) is 0 Å².